The van der Waals surface area contributed by atoms with Gasteiger partial charge in [0.1, 0.15) is 17.8 Å². The Morgan fingerprint density at radius 1 is 1.36 bits per heavy atom. The fourth-order valence-electron chi connectivity index (χ4n) is 3.71. The number of aromatic nitrogens is 1. The number of allylic oxidation sites excluding steroid dienone is 1. The molecule has 2 aliphatic rings. The predicted molar refractivity (Wildman–Crippen MR) is 129 cm³/mol. The van der Waals surface area contributed by atoms with E-state index >= 15 is 4.39 Å². The van der Waals surface area contributed by atoms with Crippen LogP contribution in [-0.4, -0.2) is 35.5 Å². The largest absolute Gasteiger partial charge is 0.404 e. The van der Waals surface area contributed by atoms with Gasteiger partial charge in [-0.05, 0) is 53.3 Å². The van der Waals surface area contributed by atoms with Crippen molar-refractivity contribution < 1.29 is 9.18 Å². The van der Waals surface area contributed by atoms with Crippen LogP contribution in [-0.2, 0) is 0 Å². The lowest BCUT2D eigenvalue weighted by atomic mass is 10.0. The lowest BCUT2D eigenvalue weighted by Crippen LogP contribution is -2.33. The molecule has 3 heterocycles. The highest BCUT2D eigenvalue weighted by Gasteiger charge is 2.27. The molecular formula is C25H25FN6O. The van der Waals surface area contributed by atoms with Crippen molar-refractivity contribution in [3.63, 3.8) is 0 Å². The summed E-state index contributed by atoms with van der Waals surface area (Å²) in [5, 5.41) is 3.25. The van der Waals surface area contributed by atoms with E-state index in [1.165, 1.54) is 23.2 Å². The number of carbonyl (C=O) groups excluding carboxylic acids is 1. The first-order valence-corrected chi connectivity index (χ1v) is 10.4. The highest BCUT2D eigenvalue weighted by Crippen LogP contribution is 2.31. The number of anilines is 1. The third-order valence-corrected chi connectivity index (χ3v) is 5.65. The Balaban J connectivity index is 1.58. The third kappa shape index (κ3) is 4.16. The molecule has 0 aliphatic carbocycles. The molecule has 4 rings (SSSR count). The number of fused-ring (bicyclic) bond motifs is 1. The lowest BCUT2D eigenvalue weighted by Gasteiger charge is -2.28. The molecule has 1 atom stereocenters. The minimum atomic E-state index is -0.613. The average molecular weight is 445 g/mol. The molecule has 1 aromatic carbocycles. The second kappa shape index (κ2) is 9.13. The molecule has 0 saturated heterocycles. The Bertz CT molecular complexity index is 1210. The predicted octanol–water partition coefficient (Wildman–Crippen LogP) is 2.93. The summed E-state index contributed by atoms with van der Waals surface area (Å²) in [7, 11) is 1.56. The summed E-state index contributed by atoms with van der Waals surface area (Å²) in [5.41, 5.74) is 15.3. The summed E-state index contributed by atoms with van der Waals surface area (Å²) < 4.78 is 15.1. The van der Waals surface area contributed by atoms with Crippen LogP contribution in [0.2, 0.25) is 0 Å². The van der Waals surface area contributed by atoms with Crippen molar-refractivity contribution in [2.24, 2.45) is 11.5 Å². The second-order valence-corrected chi connectivity index (χ2v) is 7.60. The minimum absolute atomic E-state index is 0.0368. The van der Waals surface area contributed by atoms with Crippen LogP contribution in [0, 0.1) is 5.82 Å². The van der Waals surface area contributed by atoms with Crippen LogP contribution in [0.5, 0.6) is 0 Å². The Morgan fingerprint density at radius 2 is 2.18 bits per heavy atom. The maximum atomic E-state index is 15.1. The lowest BCUT2D eigenvalue weighted by molar-refractivity contribution is 0.0988. The highest BCUT2D eigenvalue weighted by atomic mass is 19.1. The van der Waals surface area contributed by atoms with Crippen molar-refractivity contribution >= 4 is 23.5 Å². The first kappa shape index (κ1) is 22.0. The fraction of sp³-hybridized carbons (Fsp3) is 0.120. The van der Waals surface area contributed by atoms with Gasteiger partial charge in [0.25, 0.3) is 5.91 Å². The summed E-state index contributed by atoms with van der Waals surface area (Å²) in [6.07, 6.45) is 12.3. The van der Waals surface area contributed by atoms with Crippen LogP contribution in [0.25, 0.3) is 11.8 Å². The summed E-state index contributed by atoms with van der Waals surface area (Å²) in [6, 6.07) is 8.06. The Kier molecular flexibility index (Phi) is 6.10. The molecule has 0 saturated carbocycles. The van der Waals surface area contributed by atoms with Gasteiger partial charge in [-0.25, -0.2) is 9.37 Å². The molecule has 2 aromatic rings. The van der Waals surface area contributed by atoms with Gasteiger partial charge in [-0.3, -0.25) is 9.69 Å². The van der Waals surface area contributed by atoms with Gasteiger partial charge in [-0.2, -0.15) is 0 Å². The Morgan fingerprint density at radius 3 is 2.82 bits per heavy atom. The van der Waals surface area contributed by atoms with Crippen molar-refractivity contribution in [3.05, 3.63) is 108 Å². The number of nitrogens with two attached hydrogens (primary N) is 2. The van der Waals surface area contributed by atoms with Crippen molar-refractivity contribution in [3.8, 4) is 0 Å². The number of amides is 1. The van der Waals surface area contributed by atoms with E-state index in [0.717, 1.165) is 22.4 Å². The molecule has 1 unspecified atom stereocenters. The second-order valence-electron chi connectivity index (χ2n) is 7.60. The van der Waals surface area contributed by atoms with Crippen molar-refractivity contribution in [2.75, 3.05) is 18.5 Å². The molecule has 0 spiro atoms. The molecule has 0 fully saturated rings. The zero-order chi connectivity index (χ0) is 23.5. The van der Waals surface area contributed by atoms with Crippen LogP contribution < -0.4 is 21.7 Å². The number of nitrogens with one attached hydrogen (secondary N) is 1. The number of pyridine rings is 1. The number of benzene rings is 1. The zero-order valence-corrected chi connectivity index (χ0v) is 18.2. The smallest absolute Gasteiger partial charge is 0.262 e. The van der Waals surface area contributed by atoms with Gasteiger partial charge in [-0.15, -0.1) is 0 Å². The van der Waals surface area contributed by atoms with Crippen molar-refractivity contribution in [1.29, 1.82) is 0 Å². The monoisotopic (exact) mass is 444 g/mol. The van der Waals surface area contributed by atoms with E-state index < -0.39 is 11.7 Å². The molecule has 1 amide bonds. The Hall–Kier alpha value is -4.17. The van der Waals surface area contributed by atoms with Crippen molar-refractivity contribution in [1.82, 2.24) is 15.2 Å². The van der Waals surface area contributed by atoms with E-state index in [1.807, 2.05) is 29.5 Å². The van der Waals surface area contributed by atoms with E-state index in [4.69, 9.17) is 11.5 Å². The van der Waals surface area contributed by atoms with E-state index in [0.29, 0.717) is 17.9 Å². The van der Waals surface area contributed by atoms with Crippen LogP contribution in [0.15, 0.2) is 85.0 Å². The molecule has 5 N–H and O–H groups in total. The maximum Gasteiger partial charge on any atom is 0.262 e. The summed E-state index contributed by atoms with van der Waals surface area (Å²) >= 11 is 0. The third-order valence-electron chi connectivity index (χ3n) is 5.65. The zero-order valence-electron chi connectivity index (χ0n) is 18.2. The number of rotatable bonds is 6. The van der Waals surface area contributed by atoms with Gasteiger partial charge in [0.15, 0.2) is 0 Å². The first-order valence-electron chi connectivity index (χ1n) is 10.4. The minimum Gasteiger partial charge on any atom is -0.404 e. The number of hydrogen-bond acceptors (Lipinski definition) is 6. The van der Waals surface area contributed by atoms with Crippen LogP contribution in [0.4, 0.5) is 10.2 Å². The standard InChI is InChI=1S/C25H25FN6O/c1-3-16-4-8-23(29-13-16)31(2)25(33)20-7-5-17(10-21(20)26)22-14-30-24-9-6-18(15-32(22)24)19(11-27)12-28/h3-11,13-15,24,30H,1,12,27-28H2,2H3/b19-11+. The number of halogens is 1. The van der Waals surface area contributed by atoms with Crippen molar-refractivity contribution in [2.45, 2.75) is 6.17 Å². The number of carbonyl (C=O) groups is 1. The normalized spacial score (nSPS) is 17.1. The van der Waals surface area contributed by atoms with Gasteiger partial charge in [-0.1, -0.05) is 24.8 Å². The van der Waals surface area contributed by atoms with E-state index in [1.54, 1.807) is 37.5 Å². The summed E-state index contributed by atoms with van der Waals surface area (Å²) in [4.78, 5) is 20.4. The van der Waals surface area contributed by atoms with E-state index in [9.17, 15) is 4.79 Å². The topological polar surface area (TPSA) is 101 Å². The molecule has 33 heavy (non-hydrogen) atoms. The van der Waals surface area contributed by atoms with Crippen LogP contribution in [0.1, 0.15) is 21.5 Å². The Labute approximate surface area is 191 Å². The molecule has 8 heteroatoms. The number of hydrogen-bond donors (Lipinski definition) is 3. The maximum absolute atomic E-state index is 15.1. The van der Waals surface area contributed by atoms with E-state index in [2.05, 4.69) is 16.9 Å². The highest BCUT2D eigenvalue weighted by molar-refractivity contribution is 6.05. The molecule has 1 aromatic heterocycles. The molecular weight excluding hydrogens is 419 g/mol. The van der Waals surface area contributed by atoms with Gasteiger partial charge >= 0.3 is 0 Å². The number of nitrogens with zero attached hydrogens (tertiary/aromatic N) is 3. The average Bonchev–Trinajstić information content (AvgIpc) is 3.27. The summed E-state index contributed by atoms with van der Waals surface area (Å²) in [6.45, 7) is 3.99. The quantitative estimate of drug-likeness (QED) is 0.634. The molecule has 2 aliphatic heterocycles. The first-order chi connectivity index (χ1) is 16.0. The SMILES string of the molecule is C=Cc1ccc(N(C)C(=O)c2ccc(C3=CNC4C=CC(/C(=C/N)CN)=CN34)cc2F)nc1. The van der Waals surface area contributed by atoms with Gasteiger partial charge in [0, 0.05) is 37.8 Å². The van der Waals surface area contributed by atoms with E-state index in [-0.39, 0.29) is 11.7 Å². The van der Waals surface area contributed by atoms with Gasteiger partial charge < -0.3 is 21.7 Å². The fourth-order valence-corrected chi connectivity index (χ4v) is 3.71. The van der Waals surface area contributed by atoms with Gasteiger partial charge in [0.05, 0.1) is 11.3 Å². The molecule has 7 nitrogen and oxygen atoms in total. The van der Waals surface area contributed by atoms with Crippen LogP contribution >= 0.6 is 0 Å². The summed E-state index contributed by atoms with van der Waals surface area (Å²) in [5.74, 6) is -0.684. The molecule has 0 bridgehead atoms. The molecule has 168 valence electrons. The van der Waals surface area contributed by atoms with Crippen LogP contribution in [0.3, 0.4) is 0 Å². The molecule has 0 radical (unpaired) electrons. The van der Waals surface area contributed by atoms with Gasteiger partial charge in [0.2, 0.25) is 0 Å².